The Balaban J connectivity index is 2.27. The fourth-order valence-corrected chi connectivity index (χ4v) is 3.23. The van der Waals surface area contributed by atoms with Crippen LogP contribution in [0.5, 0.6) is 0 Å². The second-order valence-corrected chi connectivity index (χ2v) is 5.59. The van der Waals surface area contributed by atoms with Crippen LogP contribution in [0, 0.1) is 10.1 Å². The fraction of sp³-hybridized carbons (Fsp3) is 0.455. The minimum absolute atomic E-state index is 0.192. The van der Waals surface area contributed by atoms with Crippen LogP contribution in [0.15, 0.2) is 18.2 Å². The summed E-state index contributed by atoms with van der Waals surface area (Å²) in [6.45, 7) is 2.04. The highest BCUT2D eigenvalue weighted by Gasteiger charge is 2.17. The summed E-state index contributed by atoms with van der Waals surface area (Å²) in [6.07, 6.45) is 0. The van der Waals surface area contributed by atoms with E-state index in [0.717, 1.165) is 35.8 Å². The van der Waals surface area contributed by atoms with E-state index in [0.29, 0.717) is 5.33 Å². The topological polar surface area (TPSA) is 46.4 Å². The van der Waals surface area contributed by atoms with Gasteiger partial charge in [0.25, 0.3) is 5.69 Å². The average Bonchev–Trinajstić information content (AvgIpc) is 2.39. The fourth-order valence-electron chi connectivity index (χ4n) is 1.88. The van der Waals surface area contributed by atoms with Crippen molar-refractivity contribution < 1.29 is 4.92 Å². The zero-order valence-corrected chi connectivity index (χ0v) is 11.7. The molecule has 6 heteroatoms. The van der Waals surface area contributed by atoms with E-state index in [1.54, 1.807) is 6.07 Å². The molecule has 4 nitrogen and oxygen atoms in total. The molecular weight excluding hydrogens is 304 g/mol. The molecule has 1 fully saturated rings. The molecule has 1 saturated heterocycles. The third kappa shape index (κ3) is 2.93. The smallest absolute Gasteiger partial charge is 0.273 e. The van der Waals surface area contributed by atoms with Crippen LogP contribution in [0.2, 0.25) is 0 Å². The minimum Gasteiger partial charge on any atom is -0.370 e. The van der Waals surface area contributed by atoms with Crippen molar-refractivity contribution in [1.29, 1.82) is 0 Å². The summed E-state index contributed by atoms with van der Waals surface area (Å²) < 4.78 is 0. The van der Waals surface area contributed by atoms with Gasteiger partial charge in [-0.25, -0.2) is 0 Å². The summed E-state index contributed by atoms with van der Waals surface area (Å²) in [5, 5.41) is 11.3. The number of anilines is 1. The first kappa shape index (κ1) is 12.7. The SMILES string of the molecule is O=[N+]([O-])c1ccc(N2CCSCC2)cc1CBr. The van der Waals surface area contributed by atoms with Crippen molar-refractivity contribution in [2.24, 2.45) is 0 Å². The largest absolute Gasteiger partial charge is 0.370 e. The molecule has 0 radical (unpaired) electrons. The quantitative estimate of drug-likeness (QED) is 0.488. The number of nitrogens with zero attached hydrogens (tertiary/aromatic N) is 2. The second kappa shape index (κ2) is 5.73. The maximum atomic E-state index is 10.8. The van der Waals surface area contributed by atoms with Crippen LogP contribution in [-0.2, 0) is 5.33 Å². The Morgan fingerprint density at radius 1 is 1.41 bits per heavy atom. The van der Waals surface area contributed by atoms with Crippen molar-refractivity contribution in [3.63, 3.8) is 0 Å². The normalized spacial score (nSPS) is 15.9. The van der Waals surface area contributed by atoms with Gasteiger partial charge in [0.15, 0.2) is 0 Å². The highest BCUT2D eigenvalue weighted by Crippen LogP contribution is 2.28. The number of alkyl halides is 1. The molecule has 0 atom stereocenters. The van der Waals surface area contributed by atoms with Gasteiger partial charge >= 0.3 is 0 Å². The summed E-state index contributed by atoms with van der Waals surface area (Å²) in [6, 6.07) is 5.37. The summed E-state index contributed by atoms with van der Waals surface area (Å²) in [7, 11) is 0. The maximum absolute atomic E-state index is 10.8. The van der Waals surface area contributed by atoms with Crippen LogP contribution in [0.1, 0.15) is 5.56 Å². The first-order valence-electron chi connectivity index (χ1n) is 5.38. The van der Waals surface area contributed by atoms with Gasteiger partial charge in [-0.05, 0) is 12.1 Å². The van der Waals surface area contributed by atoms with Gasteiger partial charge in [0, 0.05) is 47.2 Å². The summed E-state index contributed by atoms with van der Waals surface area (Å²) in [5.74, 6) is 2.25. The van der Waals surface area contributed by atoms with Crippen molar-refractivity contribution in [2.45, 2.75) is 5.33 Å². The summed E-state index contributed by atoms with van der Waals surface area (Å²) >= 11 is 5.26. The van der Waals surface area contributed by atoms with Crippen molar-refractivity contribution in [1.82, 2.24) is 0 Å². The molecule has 17 heavy (non-hydrogen) atoms. The van der Waals surface area contributed by atoms with E-state index in [9.17, 15) is 10.1 Å². The molecule has 1 aromatic rings. The molecule has 0 amide bonds. The Morgan fingerprint density at radius 2 is 2.12 bits per heavy atom. The van der Waals surface area contributed by atoms with Crippen molar-refractivity contribution in [3.05, 3.63) is 33.9 Å². The van der Waals surface area contributed by atoms with E-state index in [1.807, 2.05) is 23.9 Å². The lowest BCUT2D eigenvalue weighted by atomic mass is 10.1. The lowest BCUT2D eigenvalue weighted by Gasteiger charge is -2.28. The van der Waals surface area contributed by atoms with Gasteiger partial charge in [-0.3, -0.25) is 10.1 Å². The van der Waals surface area contributed by atoms with Crippen LogP contribution < -0.4 is 4.90 Å². The zero-order valence-electron chi connectivity index (χ0n) is 9.26. The van der Waals surface area contributed by atoms with Crippen LogP contribution in [0.25, 0.3) is 0 Å². The van der Waals surface area contributed by atoms with E-state index in [4.69, 9.17) is 0 Å². The molecule has 1 aliphatic rings. The number of rotatable bonds is 3. The molecule has 92 valence electrons. The molecule has 0 aliphatic carbocycles. The molecule has 0 saturated carbocycles. The number of thioether (sulfide) groups is 1. The van der Waals surface area contributed by atoms with E-state index in [2.05, 4.69) is 20.8 Å². The molecule has 0 unspecified atom stereocenters. The Hall–Kier alpha value is -0.750. The number of hydrogen-bond acceptors (Lipinski definition) is 4. The van der Waals surface area contributed by atoms with Crippen molar-refractivity contribution in [3.8, 4) is 0 Å². The Morgan fingerprint density at radius 3 is 2.71 bits per heavy atom. The van der Waals surface area contributed by atoms with Gasteiger partial charge in [-0.1, -0.05) is 15.9 Å². The lowest BCUT2D eigenvalue weighted by Crippen LogP contribution is -2.32. The summed E-state index contributed by atoms with van der Waals surface area (Å²) in [4.78, 5) is 12.8. The Bertz CT molecular complexity index is 422. The highest BCUT2D eigenvalue weighted by atomic mass is 79.9. The predicted octanol–water partition coefficient (Wildman–Crippen LogP) is 3.04. The monoisotopic (exact) mass is 316 g/mol. The van der Waals surface area contributed by atoms with E-state index in [1.165, 1.54) is 0 Å². The van der Waals surface area contributed by atoms with E-state index < -0.39 is 0 Å². The van der Waals surface area contributed by atoms with E-state index >= 15 is 0 Å². The predicted molar refractivity (Wildman–Crippen MR) is 75.3 cm³/mol. The first-order valence-corrected chi connectivity index (χ1v) is 7.66. The van der Waals surface area contributed by atoms with Gasteiger partial charge in [0.05, 0.1) is 4.92 Å². The molecule has 0 N–H and O–H groups in total. The number of benzene rings is 1. The van der Waals surface area contributed by atoms with Crippen molar-refractivity contribution >= 4 is 39.1 Å². The minimum atomic E-state index is -0.327. The van der Waals surface area contributed by atoms with Crippen LogP contribution in [0.4, 0.5) is 11.4 Å². The highest BCUT2D eigenvalue weighted by molar-refractivity contribution is 9.08. The molecule has 1 aromatic carbocycles. The summed E-state index contributed by atoms with van der Waals surface area (Å²) in [5.41, 5.74) is 2.02. The molecular formula is C11H13BrN2O2S. The number of halogens is 1. The molecule has 1 heterocycles. The maximum Gasteiger partial charge on any atom is 0.273 e. The van der Waals surface area contributed by atoms with Gasteiger partial charge < -0.3 is 4.90 Å². The van der Waals surface area contributed by atoms with Gasteiger partial charge in [-0.15, -0.1) is 0 Å². The number of nitro benzene ring substituents is 1. The second-order valence-electron chi connectivity index (χ2n) is 3.80. The van der Waals surface area contributed by atoms with Crippen LogP contribution >= 0.6 is 27.7 Å². The Kier molecular flexibility index (Phi) is 4.28. The van der Waals surface area contributed by atoms with Crippen molar-refractivity contribution in [2.75, 3.05) is 29.5 Å². The van der Waals surface area contributed by atoms with E-state index in [-0.39, 0.29) is 10.6 Å². The third-order valence-electron chi connectivity index (χ3n) is 2.78. The Labute approximate surface area is 113 Å². The molecule has 2 rings (SSSR count). The third-order valence-corrected chi connectivity index (χ3v) is 4.33. The van der Waals surface area contributed by atoms with Gasteiger partial charge in [0.2, 0.25) is 0 Å². The lowest BCUT2D eigenvalue weighted by molar-refractivity contribution is -0.385. The molecule has 0 bridgehead atoms. The first-order chi connectivity index (χ1) is 8.22. The number of nitro groups is 1. The van der Waals surface area contributed by atoms with Crippen LogP contribution in [-0.4, -0.2) is 29.5 Å². The number of hydrogen-bond donors (Lipinski definition) is 0. The standard InChI is InChI=1S/C11H13BrN2O2S/c12-8-9-7-10(1-2-11(9)14(15)16)13-3-5-17-6-4-13/h1-2,7H,3-6,8H2. The zero-order chi connectivity index (χ0) is 12.3. The van der Waals surface area contributed by atoms with Crippen LogP contribution in [0.3, 0.4) is 0 Å². The molecule has 0 spiro atoms. The van der Waals surface area contributed by atoms with Gasteiger partial charge in [-0.2, -0.15) is 11.8 Å². The van der Waals surface area contributed by atoms with Gasteiger partial charge in [0.1, 0.15) is 0 Å². The molecule has 1 aliphatic heterocycles. The average molecular weight is 317 g/mol. The molecule has 0 aromatic heterocycles.